The van der Waals surface area contributed by atoms with Gasteiger partial charge in [-0.25, -0.2) is 4.39 Å². The zero-order valence-corrected chi connectivity index (χ0v) is 20.2. The van der Waals surface area contributed by atoms with E-state index in [1.807, 2.05) is 48.5 Å². The number of nitrogens with zero attached hydrogens (tertiary/aromatic N) is 1. The number of rotatable bonds is 8. The number of carboxylic acid groups (broad SMARTS) is 1. The van der Waals surface area contributed by atoms with Crippen molar-refractivity contribution < 1.29 is 28.3 Å². The number of hydrogen-bond acceptors (Lipinski definition) is 5. The largest absolute Gasteiger partial charge is 0.481 e. The smallest absolute Gasteiger partial charge is 0.311 e. The number of benzene rings is 3. The molecule has 1 heterocycles. The maximum Gasteiger partial charge on any atom is 0.311 e. The number of aryl methyl sites for hydroxylation is 1. The van der Waals surface area contributed by atoms with E-state index in [0.29, 0.717) is 22.6 Å². The third-order valence-corrected chi connectivity index (χ3v) is 6.22. The van der Waals surface area contributed by atoms with Gasteiger partial charge >= 0.3 is 11.9 Å². The van der Waals surface area contributed by atoms with Crippen molar-refractivity contribution in [2.45, 2.75) is 39.2 Å². The Kier molecular flexibility index (Phi) is 7.29. The van der Waals surface area contributed by atoms with Gasteiger partial charge in [-0.05, 0) is 43.5 Å². The number of carbonyl (C=O) groups excluding carboxylic acids is 1. The number of halogens is 1. The van der Waals surface area contributed by atoms with Gasteiger partial charge in [0.15, 0.2) is 5.76 Å². The van der Waals surface area contributed by atoms with Crippen LogP contribution in [0.5, 0.6) is 0 Å². The van der Waals surface area contributed by atoms with Crippen molar-refractivity contribution in [3.63, 3.8) is 0 Å². The van der Waals surface area contributed by atoms with E-state index < -0.39 is 29.8 Å². The highest BCUT2D eigenvalue weighted by atomic mass is 19.1. The SMILES string of the molecule is Cc1noc(-c2ccc(-c3ccc(C(C)C(=O)O)cc3)cc2)c1CC(=O)O[C@H](C)c1ccccc1F. The summed E-state index contributed by atoms with van der Waals surface area (Å²) in [6.07, 6.45) is -0.791. The number of ether oxygens (including phenoxy) is 1. The molecule has 0 saturated heterocycles. The highest BCUT2D eigenvalue weighted by Crippen LogP contribution is 2.30. The Labute approximate surface area is 208 Å². The number of hydrogen-bond donors (Lipinski definition) is 1. The molecule has 36 heavy (non-hydrogen) atoms. The normalized spacial score (nSPS) is 12.7. The Balaban J connectivity index is 1.49. The van der Waals surface area contributed by atoms with Crippen molar-refractivity contribution >= 4 is 11.9 Å². The quantitative estimate of drug-likeness (QED) is 0.286. The van der Waals surface area contributed by atoms with Crippen molar-refractivity contribution in [2.24, 2.45) is 0 Å². The van der Waals surface area contributed by atoms with Crippen molar-refractivity contribution in [3.05, 3.63) is 101 Å². The summed E-state index contributed by atoms with van der Waals surface area (Å²) in [4.78, 5) is 23.8. The molecule has 4 aromatic rings. The molecule has 184 valence electrons. The van der Waals surface area contributed by atoms with E-state index in [0.717, 1.165) is 22.3 Å². The van der Waals surface area contributed by atoms with Crippen LogP contribution in [-0.4, -0.2) is 22.2 Å². The number of carbonyl (C=O) groups is 2. The third-order valence-electron chi connectivity index (χ3n) is 6.22. The topological polar surface area (TPSA) is 89.6 Å². The summed E-state index contributed by atoms with van der Waals surface area (Å²) in [5.41, 5.74) is 4.88. The molecule has 0 spiro atoms. The first-order valence-corrected chi connectivity index (χ1v) is 11.6. The summed E-state index contributed by atoms with van der Waals surface area (Å²) in [7, 11) is 0. The molecule has 0 saturated carbocycles. The van der Waals surface area contributed by atoms with Crippen LogP contribution >= 0.6 is 0 Å². The second-order valence-corrected chi connectivity index (χ2v) is 8.67. The first kappa shape index (κ1) is 24.9. The average molecular weight is 488 g/mol. The van der Waals surface area contributed by atoms with E-state index in [1.165, 1.54) is 6.07 Å². The van der Waals surface area contributed by atoms with E-state index in [1.54, 1.807) is 39.0 Å². The molecule has 4 rings (SSSR count). The highest BCUT2D eigenvalue weighted by molar-refractivity contribution is 5.78. The molecule has 6 nitrogen and oxygen atoms in total. The van der Waals surface area contributed by atoms with Gasteiger partial charge in [-0.3, -0.25) is 9.59 Å². The molecule has 7 heteroatoms. The van der Waals surface area contributed by atoms with E-state index >= 15 is 0 Å². The van der Waals surface area contributed by atoms with Gasteiger partial charge in [-0.1, -0.05) is 71.9 Å². The molecule has 0 aliphatic carbocycles. The summed E-state index contributed by atoms with van der Waals surface area (Å²) in [6, 6.07) is 21.2. The van der Waals surface area contributed by atoms with Gasteiger partial charge < -0.3 is 14.4 Å². The minimum atomic E-state index is -0.865. The standard InChI is InChI=1S/C29H26FNO5/c1-17(29(33)34)20-8-10-21(11-9-20)22-12-14-23(15-13-22)28-25(18(2)31-36-28)16-27(32)35-19(3)24-6-4-5-7-26(24)30/h4-15,17,19H,16H2,1-3H3,(H,33,34)/t17?,19-/m1/s1. The van der Waals surface area contributed by atoms with Gasteiger partial charge in [0.2, 0.25) is 0 Å². The van der Waals surface area contributed by atoms with Gasteiger partial charge in [0.25, 0.3) is 0 Å². The number of esters is 1. The maximum atomic E-state index is 14.0. The van der Waals surface area contributed by atoms with Crippen LogP contribution in [0.2, 0.25) is 0 Å². The molecule has 0 radical (unpaired) electrons. The predicted molar refractivity (Wildman–Crippen MR) is 133 cm³/mol. The van der Waals surface area contributed by atoms with Gasteiger partial charge in [-0.15, -0.1) is 0 Å². The maximum absolute atomic E-state index is 14.0. The number of aromatic nitrogens is 1. The summed E-state index contributed by atoms with van der Waals surface area (Å²) in [5.74, 6) is -1.90. The molecule has 0 bridgehead atoms. The first-order chi connectivity index (χ1) is 17.2. The lowest BCUT2D eigenvalue weighted by molar-refractivity contribution is -0.148. The van der Waals surface area contributed by atoms with Crippen molar-refractivity contribution in [1.82, 2.24) is 5.16 Å². The molecule has 1 N–H and O–H groups in total. The third kappa shape index (κ3) is 5.35. The van der Waals surface area contributed by atoms with Crippen LogP contribution in [0.4, 0.5) is 4.39 Å². The van der Waals surface area contributed by atoms with Gasteiger partial charge in [0.05, 0.1) is 18.0 Å². The Morgan fingerprint density at radius 2 is 1.53 bits per heavy atom. The highest BCUT2D eigenvalue weighted by Gasteiger charge is 2.22. The van der Waals surface area contributed by atoms with E-state index in [-0.39, 0.29) is 6.42 Å². The predicted octanol–water partition coefficient (Wildman–Crippen LogP) is 6.49. The van der Waals surface area contributed by atoms with Crippen molar-refractivity contribution in [1.29, 1.82) is 0 Å². The van der Waals surface area contributed by atoms with E-state index in [9.17, 15) is 19.1 Å². The van der Waals surface area contributed by atoms with Gasteiger partial charge in [0, 0.05) is 16.7 Å². The number of aliphatic carboxylic acids is 1. The Morgan fingerprint density at radius 1 is 0.944 bits per heavy atom. The molecule has 2 atom stereocenters. The summed E-state index contributed by atoms with van der Waals surface area (Å²) < 4.78 is 25.0. The monoisotopic (exact) mass is 487 g/mol. The van der Waals surface area contributed by atoms with E-state index in [4.69, 9.17) is 9.26 Å². The Hall–Kier alpha value is -4.26. The van der Waals surface area contributed by atoms with Gasteiger partial charge in [0.1, 0.15) is 11.9 Å². The van der Waals surface area contributed by atoms with Crippen molar-refractivity contribution in [2.75, 3.05) is 0 Å². The summed E-state index contributed by atoms with van der Waals surface area (Å²) >= 11 is 0. The molecule has 0 amide bonds. The lowest BCUT2D eigenvalue weighted by Gasteiger charge is -2.14. The van der Waals surface area contributed by atoms with Crippen LogP contribution in [0.15, 0.2) is 77.3 Å². The van der Waals surface area contributed by atoms with Crippen LogP contribution in [0.3, 0.4) is 0 Å². The van der Waals surface area contributed by atoms with Crippen LogP contribution in [0.25, 0.3) is 22.5 Å². The minimum Gasteiger partial charge on any atom is -0.481 e. The fourth-order valence-electron chi connectivity index (χ4n) is 4.00. The lowest BCUT2D eigenvalue weighted by atomic mass is 9.96. The Morgan fingerprint density at radius 3 is 2.14 bits per heavy atom. The molecule has 0 aliphatic rings. The van der Waals surface area contributed by atoms with Crippen LogP contribution in [0, 0.1) is 12.7 Å². The molecule has 3 aromatic carbocycles. The molecular weight excluding hydrogens is 461 g/mol. The summed E-state index contributed by atoms with van der Waals surface area (Å²) in [6.45, 7) is 5.04. The molecule has 1 aromatic heterocycles. The van der Waals surface area contributed by atoms with Gasteiger partial charge in [-0.2, -0.15) is 0 Å². The average Bonchev–Trinajstić information content (AvgIpc) is 3.23. The zero-order chi connectivity index (χ0) is 25.8. The van der Waals surface area contributed by atoms with E-state index in [2.05, 4.69) is 5.16 Å². The molecular formula is C29H26FNO5. The molecule has 0 fully saturated rings. The summed E-state index contributed by atoms with van der Waals surface area (Å²) in [5, 5.41) is 13.2. The van der Waals surface area contributed by atoms with Crippen LogP contribution < -0.4 is 0 Å². The molecule has 0 aliphatic heterocycles. The first-order valence-electron chi connectivity index (χ1n) is 11.6. The second-order valence-electron chi connectivity index (χ2n) is 8.67. The second kappa shape index (κ2) is 10.6. The Bertz CT molecular complexity index is 1380. The molecule has 1 unspecified atom stereocenters. The van der Waals surface area contributed by atoms with Crippen molar-refractivity contribution in [3.8, 4) is 22.5 Å². The lowest BCUT2D eigenvalue weighted by Crippen LogP contribution is -2.13. The fourth-order valence-corrected chi connectivity index (χ4v) is 4.00. The van der Waals surface area contributed by atoms with Crippen LogP contribution in [-0.2, 0) is 20.7 Å². The fraction of sp³-hybridized carbons (Fsp3) is 0.207. The minimum absolute atomic E-state index is 0.0611. The number of carboxylic acids is 1. The van der Waals surface area contributed by atoms with Crippen LogP contribution in [0.1, 0.15) is 48.3 Å². The zero-order valence-electron chi connectivity index (χ0n) is 20.2.